The second kappa shape index (κ2) is 7.95. The number of primary amides is 1. The maximum Gasteiger partial charge on any atom is 0.227 e. The molecule has 3 N–H and O–H groups in total. The fourth-order valence-corrected chi connectivity index (χ4v) is 4.45. The van der Waals surface area contributed by atoms with Crippen LogP contribution in [0.4, 0.5) is 15.9 Å². The van der Waals surface area contributed by atoms with Crippen LogP contribution in [-0.2, 0) is 4.79 Å². The fraction of sp³-hybridized carbons (Fsp3) is 0.0500. The molecule has 0 atom stereocenters. The number of nitrogens with one attached hydrogen (secondary N) is 1. The molecule has 0 unspecified atom stereocenters. The number of thioether (sulfide) groups is 1. The molecule has 2 aromatic heterocycles. The number of carbonyl (C=O) groups is 1. The topological polar surface area (TPSA) is 80.9 Å². The summed E-state index contributed by atoms with van der Waals surface area (Å²) in [6.45, 7) is 0. The van der Waals surface area contributed by atoms with Crippen molar-refractivity contribution < 1.29 is 9.18 Å². The number of nitrogens with two attached hydrogens (primary N) is 1. The Labute approximate surface area is 168 Å². The quantitative estimate of drug-likeness (QED) is 0.446. The monoisotopic (exact) mass is 410 g/mol. The first-order valence-electron chi connectivity index (χ1n) is 8.37. The van der Waals surface area contributed by atoms with E-state index in [0.717, 1.165) is 31.9 Å². The number of hydrogen-bond donors (Lipinski definition) is 2. The van der Waals surface area contributed by atoms with Crippen LogP contribution in [0.15, 0.2) is 65.1 Å². The van der Waals surface area contributed by atoms with Crippen molar-refractivity contribution in [3.63, 3.8) is 0 Å². The Morgan fingerprint density at radius 3 is 2.71 bits per heavy atom. The summed E-state index contributed by atoms with van der Waals surface area (Å²) in [6, 6.07) is 14.0. The van der Waals surface area contributed by atoms with Crippen molar-refractivity contribution in [2.75, 3.05) is 11.1 Å². The molecule has 5 nitrogen and oxygen atoms in total. The number of rotatable bonds is 6. The summed E-state index contributed by atoms with van der Waals surface area (Å²) in [6.07, 6.45) is 1.51. The predicted octanol–water partition coefficient (Wildman–Crippen LogP) is 4.82. The van der Waals surface area contributed by atoms with E-state index in [-0.39, 0.29) is 17.5 Å². The van der Waals surface area contributed by atoms with Gasteiger partial charge in [0.1, 0.15) is 22.8 Å². The van der Waals surface area contributed by atoms with E-state index in [9.17, 15) is 9.18 Å². The number of benzene rings is 2. The SMILES string of the molecule is NC(=O)CSc1ccccc1Nc1ncnc2scc(-c3ccc(F)cc3)c12. The number of fused-ring (bicyclic) bond motifs is 1. The van der Waals surface area contributed by atoms with E-state index in [1.807, 2.05) is 29.6 Å². The number of para-hydroxylation sites is 1. The van der Waals surface area contributed by atoms with Crippen LogP contribution < -0.4 is 11.1 Å². The molecule has 4 aromatic rings. The Balaban J connectivity index is 1.75. The molecular weight excluding hydrogens is 395 g/mol. The fourth-order valence-electron chi connectivity index (χ4n) is 2.78. The van der Waals surface area contributed by atoms with Crippen molar-refractivity contribution in [1.82, 2.24) is 9.97 Å². The van der Waals surface area contributed by atoms with E-state index in [1.165, 1.54) is 41.6 Å². The van der Waals surface area contributed by atoms with Gasteiger partial charge in [-0.15, -0.1) is 23.1 Å². The van der Waals surface area contributed by atoms with Gasteiger partial charge in [0.25, 0.3) is 0 Å². The van der Waals surface area contributed by atoms with Crippen LogP contribution in [0.25, 0.3) is 21.3 Å². The Morgan fingerprint density at radius 1 is 1.14 bits per heavy atom. The molecule has 8 heteroatoms. The smallest absolute Gasteiger partial charge is 0.227 e. The molecule has 0 aliphatic heterocycles. The Hall–Kier alpha value is -2.97. The van der Waals surface area contributed by atoms with E-state index < -0.39 is 0 Å². The van der Waals surface area contributed by atoms with Gasteiger partial charge in [-0.3, -0.25) is 4.79 Å². The second-order valence-electron chi connectivity index (χ2n) is 5.93. The highest BCUT2D eigenvalue weighted by atomic mass is 32.2. The summed E-state index contributed by atoms with van der Waals surface area (Å²) in [7, 11) is 0. The molecule has 28 heavy (non-hydrogen) atoms. The van der Waals surface area contributed by atoms with Gasteiger partial charge in [-0.25, -0.2) is 14.4 Å². The lowest BCUT2D eigenvalue weighted by atomic mass is 10.1. The minimum absolute atomic E-state index is 0.192. The van der Waals surface area contributed by atoms with Crippen LogP contribution in [0.2, 0.25) is 0 Å². The lowest BCUT2D eigenvalue weighted by Crippen LogP contribution is -2.13. The molecule has 0 bridgehead atoms. The molecule has 140 valence electrons. The van der Waals surface area contributed by atoms with Crippen LogP contribution in [-0.4, -0.2) is 21.6 Å². The minimum Gasteiger partial charge on any atom is -0.369 e. The third kappa shape index (κ3) is 3.83. The number of aromatic nitrogens is 2. The average molecular weight is 410 g/mol. The highest BCUT2D eigenvalue weighted by molar-refractivity contribution is 8.00. The van der Waals surface area contributed by atoms with Crippen LogP contribution >= 0.6 is 23.1 Å². The van der Waals surface area contributed by atoms with Gasteiger partial charge in [0.05, 0.1) is 16.8 Å². The number of thiophene rings is 1. The van der Waals surface area contributed by atoms with Gasteiger partial charge in [0, 0.05) is 15.8 Å². The first kappa shape index (κ1) is 18.4. The number of amides is 1. The van der Waals surface area contributed by atoms with Gasteiger partial charge in [0.15, 0.2) is 0 Å². The van der Waals surface area contributed by atoms with E-state index in [2.05, 4.69) is 15.3 Å². The molecule has 1 amide bonds. The second-order valence-corrected chi connectivity index (χ2v) is 7.81. The maximum absolute atomic E-state index is 13.3. The van der Waals surface area contributed by atoms with Gasteiger partial charge in [-0.2, -0.15) is 0 Å². The average Bonchev–Trinajstić information content (AvgIpc) is 3.13. The summed E-state index contributed by atoms with van der Waals surface area (Å²) < 4.78 is 13.3. The van der Waals surface area contributed by atoms with Gasteiger partial charge in [-0.05, 0) is 29.8 Å². The van der Waals surface area contributed by atoms with Crippen molar-refractivity contribution in [2.24, 2.45) is 5.73 Å². The van der Waals surface area contributed by atoms with E-state index >= 15 is 0 Å². The molecule has 4 rings (SSSR count). The molecule has 2 heterocycles. The third-order valence-electron chi connectivity index (χ3n) is 4.04. The van der Waals surface area contributed by atoms with Crippen LogP contribution in [0.5, 0.6) is 0 Å². The highest BCUT2D eigenvalue weighted by Crippen LogP contribution is 2.38. The van der Waals surface area contributed by atoms with Crippen LogP contribution in [0.1, 0.15) is 0 Å². The maximum atomic E-state index is 13.3. The standard InChI is InChI=1S/C20H15FN4OS2/c21-13-7-5-12(6-8-13)14-9-28-20-18(14)19(23-11-24-20)25-15-3-1-2-4-16(15)27-10-17(22)26/h1-9,11H,10H2,(H2,22,26)(H,23,24,25). The zero-order valence-corrected chi connectivity index (χ0v) is 16.2. The van der Waals surface area contributed by atoms with Crippen LogP contribution in [0, 0.1) is 5.82 Å². The van der Waals surface area contributed by atoms with E-state index in [0.29, 0.717) is 5.82 Å². The van der Waals surface area contributed by atoms with Gasteiger partial charge in [0.2, 0.25) is 5.91 Å². The molecule has 0 saturated heterocycles. The van der Waals surface area contributed by atoms with Gasteiger partial charge in [-0.1, -0.05) is 24.3 Å². The molecule has 0 saturated carbocycles. The number of anilines is 2. The first-order valence-corrected chi connectivity index (χ1v) is 10.2. The third-order valence-corrected chi connectivity index (χ3v) is 6.02. The van der Waals surface area contributed by atoms with Crippen molar-refractivity contribution in [3.05, 3.63) is 66.1 Å². The lowest BCUT2D eigenvalue weighted by molar-refractivity contribution is -0.115. The van der Waals surface area contributed by atoms with E-state index in [4.69, 9.17) is 5.73 Å². The number of carbonyl (C=O) groups excluding carboxylic acids is 1. The summed E-state index contributed by atoms with van der Waals surface area (Å²) in [5.41, 5.74) is 7.92. The summed E-state index contributed by atoms with van der Waals surface area (Å²) in [5, 5.41) is 6.22. The number of hydrogen-bond acceptors (Lipinski definition) is 6. The molecule has 0 fully saturated rings. The molecule has 0 aliphatic rings. The van der Waals surface area contributed by atoms with Crippen molar-refractivity contribution in [1.29, 1.82) is 0 Å². The molecule has 0 aliphatic carbocycles. The summed E-state index contributed by atoms with van der Waals surface area (Å²) in [5.74, 6) is 0.189. The zero-order chi connectivity index (χ0) is 19.5. The number of nitrogens with zero attached hydrogens (tertiary/aromatic N) is 2. The normalized spacial score (nSPS) is 10.9. The molecule has 0 radical (unpaired) electrons. The van der Waals surface area contributed by atoms with Crippen molar-refractivity contribution in [3.8, 4) is 11.1 Å². The zero-order valence-electron chi connectivity index (χ0n) is 14.6. The highest BCUT2D eigenvalue weighted by Gasteiger charge is 2.14. The number of halogens is 1. The summed E-state index contributed by atoms with van der Waals surface area (Å²) >= 11 is 2.87. The largest absolute Gasteiger partial charge is 0.369 e. The predicted molar refractivity (Wildman–Crippen MR) is 112 cm³/mol. The molecule has 0 spiro atoms. The summed E-state index contributed by atoms with van der Waals surface area (Å²) in [4.78, 5) is 21.7. The van der Waals surface area contributed by atoms with Crippen molar-refractivity contribution >= 4 is 50.7 Å². The molecular formula is C20H15FN4OS2. The first-order chi connectivity index (χ1) is 13.6. The Bertz CT molecular complexity index is 1140. The van der Waals surface area contributed by atoms with Gasteiger partial charge >= 0.3 is 0 Å². The Kier molecular flexibility index (Phi) is 5.23. The van der Waals surface area contributed by atoms with Gasteiger partial charge < -0.3 is 11.1 Å². The van der Waals surface area contributed by atoms with Crippen LogP contribution in [0.3, 0.4) is 0 Å². The minimum atomic E-state index is -0.374. The van der Waals surface area contributed by atoms with E-state index in [1.54, 1.807) is 12.1 Å². The lowest BCUT2D eigenvalue weighted by Gasteiger charge is -2.12. The Morgan fingerprint density at radius 2 is 1.93 bits per heavy atom. The van der Waals surface area contributed by atoms with Crippen molar-refractivity contribution in [2.45, 2.75) is 4.90 Å². The molecule has 2 aromatic carbocycles.